The van der Waals surface area contributed by atoms with Crippen LogP contribution in [0.3, 0.4) is 0 Å². The normalized spacial score (nSPS) is 22.4. The maximum Gasteiger partial charge on any atom is 0.153 e. The molecule has 1 saturated carbocycles. The van der Waals surface area contributed by atoms with E-state index in [4.69, 9.17) is 9.69 Å². The summed E-state index contributed by atoms with van der Waals surface area (Å²) in [6, 6.07) is 11.0. The third kappa shape index (κ3) is 4.39. The molecule has 138 valence electrons. The summed E-state index contributed by atoms with van der Waals surface area (Å²) >= 11 is 0. The van der Waals surface area contributed by atoms with Crippen molar-refractivity contribution >= 4 is 24.7 Å². The number of nitrogens with one attached hydrogen (secondary N) is 1. The summed E-state index contributed by atoms with van der Waals surface area (Å²) in [5.74, 6) is 1.49. The second-order valence-corrected chi connectivity index (χ2v) is 8.34. The summed E-state index contributed by atoms with van der Waals surface area (Å²) in [5, 5.41) is 8.57. The predicted octanol–water partition coefficient (Wildman–Crippen LogP) is 3.18. The highest BCUT2D eigenvalue weighted by Gasteiger charge is 2.27. The zero-order chi connectivity index (χ0) is 18.6. The Hall–Kier alpha value is -2.01. The second-order valence-electron chi connectivity index (χ2n) is 6.51. The Bertz CT molecular complexity index is 791. The van der Waals surface area contributed by atoms with Crippen molar-refractivity contribution in [2.45, 2.75) is 37.8 Å². The number of nitrogens with zero attached hydrogens (tertiary/aromatic N) is 3. The van der Waals surface area contributed by atoms with E-state index >= 15 is 0 Å². The van der Waals surface area contributed by atoms with Crippen LogP contribution in [0.2, 0.25) is 0 Å². The van der Waals surface area contributed by atoms with Gasteiger partial charge in [-0.3, -0.25) is 0 Å². The Kier molecular flexibility index (Phi) is 5.87. The number of benzene rings is 1. The second kappa shape index (κ2) is 8.12. The van der Waals surface area contributed by atoms with Gasteiger partial charge in [0.05, 0.1) is 6.10 Å². The lowest BCUT2D eigenvalue weighted by Gasteiger charge is -2.39. The third-order valence-electron chi connectivity index (χ3n) is 4.79. The van der Waals surface area contributed by atoms with Gasteiger partial charge < -0.3 is 19.5 Å². The summed E-state index contributed by atoms with van der Waals surface area (Å²) in [5.41, 5.74) is 0. The summed E-state index contributed by atoms with van der Waals surface area (Å²) in [4.78, 5) is 23.4. The number of rotatable bonds is 6. The van der Waals surface area contributed by atoms with E-state index in [9.17, 15) is 4.89 Å². The third-order valence-corrected chi connectivity index (χ3v) is 6.36. The molecule has 1 N–H and O–H groups in total. The van der Waals surface area contributed by atoms with Crippen LogP contribution in [0.25, 0.3) is 6.08 Å². The fraction of sp³-hybridized carbons (Fsp3) is 0.368. The zero-order valence-corrected chi connectivity index (χ0v) is 15.8. The Morgan fingerprint density at radius 1 is 1.23 bits per heavy atom. The first-order valence-corrected chi connectivity index (χ1v) is 10.4. The molecule has 1 aliphatic rings. The summed E-state index contributed by atoms with van der Waals surface area (Å²) in [6.07, 6.45) is 6.61. The van der Waals surface area contributed by atoms with Crippen molar-refractivity contribution in [3.05, 3.63) is 55.0 Å². The minimum Gasteiger partial charge on any atom is -0.792 e. The molecule has 2 aromatic rings. The lowest BCUT2D eigenvalue weighted by atomic mass is 9.92. The van der Waals surface area contributed by atoms with Gasteiger partial charge in [-0.2, -0.15) is 0 Å². The largest absolute Gasteiger partial charge is 0.792 e. The molecule has 0 radical (unpaired) electrons. The van der Waals surface area contributed by atoms with E-state index in [2.05, 4.69) is 21.4 Å². The lowest BCUT2D eigenvalue weighted by Crippen LogP contribution is -2.38. The molecule has 7 heteroatoms. The molecule has 0 saturated heterocycles. The van der Waals surface area contributed by atoms with Gasteiger partial charge in [0.15, 0.2) is 5.82 Å². The molecule has 1 aromatic carbocycles. The van der Waals surface area contributed by atoms with E-state index in [0.29, 0.717) is 17.2 Å². The standard InChI is InChI=1S/C19H24N4O2P/c1-3-18-21-14-13-19(22-18)23(2)15-9-11-16(12-10-15)25-26(20,24)17-7-5-4-6-8-17/h3-8,13-16H,1,9-12H2,2H3,(H-,20,24)/q-1. The molecule has 0 bridgehead atoms. The van der Waals surface area contributed by atoms with Crippen LogP contribution in [0.5, 0.6) is 0 Å². The maximum absolute atomic E-state index is 12.6. The first-order valence-electron chi connectivity index (χ1n) is 8.77. The van der Waals surface area contributed by atoms with Gasteiger partial charge in [0.2, 0.25) is 0 Å². The van der Waals surface area contributed by atoms with Crippen molar-refractivity contribution in [2.75, 3.05) is 11.9 Å². The van der Waals surface area contributed by atoms with Crippen molar-refractivity contribution in [3.8, 4) is 0 Å². The van der Waals surface area contributed by atoms with Crippen molar-refractivity contribution in [2.24, 2.45) is 0 Å². The van der Waals surface area contributed by atoms with Crippen LogP contribution in [-0.2, 0) is 4.52 Å². The molecule has 26 heavy (non-hydrogen) atoms. The van der Waals surface area contributed by atoms with Crippen molar-refractivity contribution in [3.63, 3.8) is 0 Å². The fourth-order valence-corrected chi connectivity index (χ4v) is 4.60. The summed E-state index contributed by atoms with van der Waals surface area (Å²) < 4.78 is 5.70. The Balaban J connectivity index is 1.58. The van der Waals surface area contributed by atoms with Crippen LogP contribution in [0.4, 0.5) is 5.82 Å². The molecular weight excluding hydrogens is 347 g/mol. The highest BCUT2D eigenvalue weighted by Crippen LogP contribution is 2.41. The smallest absolute Gasteiger partial charge is 0.153 e. The Morgan fingerprint density at radius 3 is 2.58 bits per heavy atom. The topological polar surface area (TPSA) is 85.2 Å². The van der Waals surface area contributed by atoms with Crippen LogP contribution in [-0.4, -0.2) is 29.2 Å². The van der Waals surface area contributed by atoms with Gasteiger partial charge in [0, 0.05) is 32.1 Å². The Morgan fingerprint density at radius 2 is 1.92 bits per heavy atom. The highest BCUT2D eigenvalue weighted by molar-refractivity contribution is 7.61. The molecule has 1 aliphatic carbocycles. The average Bonchev–Trinajstić information content (AvgIpc) is 2.68. The quantitative estimate of drug-likeness (QED) is 0.789. The molecular formula is C19H24N4O2P-. The van der Waals surface area contributed by atoms with Gasteiger partial charge in [-0.05, 0) is 37.8 Å². The van der Waals surface area contributed by atoms with Gasteiger partial charge in [-0.15, -0.1) is 0 Å². The van der Waals surface area contributed by atoms with Crippen LogP contribution in [0.15, 0.2) is 49.2 Å². The number of hydrogen-bond acceptors (Lipinski definition) is 6. The van der Waals surface area contributed by atoms with E-state index in [-0.39, 0.29) is 6.10 Å². The van der Waals surface area contributed by atoms with E-state index in [1.54, 1.807) is 36.5 Å². The average molecular weight is 371 g/mol. The van der Waals surface area contributed by atoms with Crippen molar-refractivity contribution in [1.82, 2.24) is 9.97 Å². The first kappa shape index (κ1) is 18.8. The SMILES string of the molecule is C=Cc1nccc(N(C)C2CCC(OP(=N)([O-])c3ccccc3)CC2)n1. The molecule has 3 rings (SSSR count). The van der Waals surface area contributed by atoms with Gasteiger partial charge in [0.25, 0.3) is 0 Å². The fourth-order valence-electron chi connectivity index (χ4n) is 3.28. The monoisotopic (exact) mass is 371 g/mol. The van der Waals surface area contributed by atoms with Gasteiger partial charge in [-0.1, -0.05) is 36.9 Å². The molecule has 1 aromatic heterocycles. The molecule has 1 atom stereocenters. The van der Waals surface area contributed by atoms with Crippen LogP contribution < -0.4 is 15.1 Å². The van der Waals surface area contributed by atoms with Gasteiger partial charge in [-0.25, -0.2) is 9.97 Å². The minimum absolute atomic E-state index is 0.141. The van der Waals surface area contributed by atoms with Crippen molar-refractivity contribution < 1.29 is 9.42 Å². The van der Waals surface area contributed by atoms with E-state index in [0.717, 1.165) is 31.5 Å². The minimum atomic E-state index is -3.52. The molecule has 1 fully saturated rings. The van der Waals surface area contributed by atoms with Crippen LogP contribution >= 0.6 is 7.51 Å². The summed E-state index contributed by atoms with van der Waals surface area (Å²) in [7, 11) is -1.49. The van der Waals surface area contributed by atoms with Crippen molar-refractivity contribution in [1.29, 1.82) is 5.16 Å². The number of anilines is 1. The predicted molar refractivity (Wildman–Crippen MR) is 103 cm³/mol. The lowest BCUT2D eigenvalue weighted by molar-refractivity contribution is -0.188. The Labute approximate surface area is 154 Å². The molecule has 1 heterocycles. The first-order chi connectivity index (χ1) is 12.5. The van der Waals surface area contributed by atoms with Crippen LogP contribution in [0, 0.1) is 5.16 Å². The van der Waals surface area contributed by atoms with E-state index in [1.807, 2.05) is 19.2 Å². The van der Waals surface area contributed by atoms with E-state index < -0.39 is 7.51 Å². The zero-order valence-electron chi connectivity index (χ0n) is 14.9. The highest BCUT2D eigenvalue weighted by atomic mass is 31.2. The molecule has 0 amide bonds. The molecule has 0 spiro atoms. The number of hydrogen-bond donors (Lipinski definition) is 1. The molecule has 6 nitrogen and oxygen atoms in total. The number of aromatic nitrogens is 2. The van der Waals surface area contributed by atoms with Crippen LogP contribution in [0.1, 0.15) is 31.5 Å². The summed E-state index contributed by atoms with van der Waals surface area (Å²) in [6.45, 7) is 3.71. The van der Waals surface area contributed by atoms with E-state index in [1.165, 1.54) is 0 Å². The van der Waals surface area contributed by atoms with Gasteiger partial charge >= 0.3 is 0 Å². The molecule has 1 unspecified atom stereocenters. The van der Waals surface area contributed by atoms with Gasteiger partial charge in [0.1, 0.15) is 5.82 Å². The maximum atomic E-state index is 12.6. The molecule has 0 aliphatic heterocycles.